The molecule has 0 spiro atoms. The number of carbonyl (C=O) groups is 2. The van der Waals surface area contributed by atoms with Gasteiger partial charge in [0.05, 0.1) is 17.9 Å². The first-order chi connectivity index (χ1) is 12.6. The van der Waals surface area contributed by atoms with Gasteiger partial charge in [0.2, 0.25) is 5.91 Å². The maximum absolute atomic E-state index is 12.6. The molecule has 0 bridgehead atoms. The van der Waals surface area contributed by atoms with E-state index in [1.165, 1.54) is 11.3 Å². The van der Waals surface area contributed by atoms with Gasteiger partial charge in [0, 0.05) is 11.3 Å². The second kappa shape index (κ2) is 8.31. The van der Waals surface area contributed by atoms with Crippen LogP contribution in [0.5, 0.6) is 5.75 Å². The van der Waals surface area contributed by atoms with Gasteiger partial charge < -0.3 is 15.8 Å². The maximum Gasteiger partial charge on any atom is 0.266 e. The number of primary amides is 1. The van der Waals surface area contributed by atoms with Gasteiger partial charge in [0.25, 0.3) is 5.91 Å². The molecule has 0 unspecified atom stereocenters. The summed E-state index contributed by atoms with van der Waals surface area (Å²) in [5.74, 6) is 0.0608. The van der Waals surface area contributed by atoms with Crippen LogP contribution >= 0.6 is 11.3 Å². The van der Waals surface area contributed by atoms with Crippen molar-refractivity contribution < 1.29 is 14.3 Å². The third-order valence-electron chi connectivity index (χ3n) is 3.69. The Morgan fingerprint density at radius 1 is 1.00 bits per heavy atom. The summed E-state index contributed by atoms with van der Waals surface area (Å²) < 4.78 is 5.41. The Bertz CT molecular complexity index is 889. The van der Waals surface area contributed by atoms with E-state index in [0.29, 0.717) is 16.3 Å². The third-order valence-corrected chi connectivity index (χ3v) is 4.60. The van der Waals surface area contributed by atoms with Gasteiger partial charge in [0.15, 0.2) is 0 Å². The minimum absolute atomic E-state index is 0.152. The van der Waals surface area contributed by atoms with Gasteiger partial charge in [-0.15, -0.1) is 11.3 Å². The van der Waals surface area contributed by atoms with Gasteiger partial charge in [-0.05, 0) is 41.3 Å². The SMILES string of the molecule is NC(=O)CCOc1ccc(NC(=O)c2sccc2-c2ccccc2)cc1. The lowest BCUT2D eigenvalue weighted by molar-refractivity contribution is -0.118. The van der Waals surface area contributed by atoms with Gasteiger partial charge in [0.1, 0.15) is 5.75 Å². The molecule has 6 heteroatoms. The average Bonchev–Trinajstić information content (AvgIpc) is 3.13. The van der Waals surface area contributed by atoms with Gasteiger partial charge in [-0.3, -0.25) is 9.59 Å². The summed E-state index contributed by atoms with van der Waals surface area (Å²) in [7, 11) is 0. The molecule has 1 aromatic heterocycles. The molecule has 3 rings (SSSR count). The number of amides is 2. The Kier molecular flexibility index (Phi) is 5.66. The zero-order valence-corrected chi connectivity index (χ0v) is 14.8. The van der Waals surface area contributed by atoms with Gasteiger partial charge >= 0.3 is 0 Å². The van der Waals surface area contributed by atoms with Crippen LogP contribution in [0.15, 0.2) is 66.0 Å². The van der Waals surface area contributed by atoms with E-state index >= 15 is 0 Å². The molecule has 26 heavy (non-hydrogen) atoms. The van der Waals surface area contributed by atoms with Crippen molar-refractivity contribution >= 4 is 28.8 Å². The first-order valence-electron chi connectivity index (χ1n) is 8.09. The number of thiophene rings is 1. The van der Waals surface area contributed by atoms with Crippen molar-refractivity contribution in [2.24, 2.45) is 5.73 Å². The number of rotatable bonds is 7. The Hall–Kier alpha value is -3.12. The maximum atomic E-state index is 12.6. The molecule has 3 N–H and O–H groups in total. The van der Waals surface area contributed by atoms with Crippen LogP contribution in [0.3, 0.4) is 0 Å². The molecule has 0 fully saturated rings. The number of anilines is 1. The fourth-order valence-corrected chi connectivity index (χ4v) is 3.23. The van der Waals surface area contributed by atoms with E-state index < -0.39 is 5.91 Å². The highest BCUT2D eigenvalue weighted by Gasteiger charge is 2.14. The topological polar surface area (TPSA) is 81.4 Å². The van der Waals surface area contributed by atoms with Crippen molar-refractivity contribution in [3.8, 4) is 16.9 Å². The van der Waals surface area contributed by atoms with Crippen LogP contribution in [0.25, 0.3) is 11.1 Å². The molecule has 0 saturated carbocycles. The van der Waals surface area contributed by atoms with Crippen molar-refractivity contribution in [1.29, 1.82) is 0 Å². The first kappa shape index (κ1) is 17.7. The monoisotopic (exact) mass is 366 g/mol. The predicted octanol–water partition coefficient (Wildman–Crippen LogP) is 3.92. The molecule has 132 valence electrons. The lowest BCUT2D eigenvalue weighted by atomic mass is 10.1. The summed E-state index contributed by atoms with van der Waals surface area (Å²) in [5, 5.41) is 4.81. The van der Waals surface area contributed by atoms with Crippen LogP contribution in [0, 0.1) is 0 Å². The van der Waals surface area contributed by atoms with E-state index in [1.54, 1.807) is 24.3 Å². The summed E-state index contributed by atoms with van der Waals surface area (Å²) in [5.41, 5.74) is 7.67. The van der Waals surface area contributed by atoms with Crippen LogP contribution in [-0.4, -0.2) is 18.4 Å². The zero-order valence-electron chi connectivity index (χ0n) is 14.0. The van der Waals surface area contributed by atoms with Crippen molar-refractivity contribution in [3.05, 3.63) is 70.9 Å². The molecule has 2 amide bonds. The average molecular weight is 366 g/mol. The second-order valence-corrected chi connectivity index (χ2v) is 6.49. The minimum atomic E-state index is -0.404. The van der Waals surface area contributed by atoms with E-state index in [4.69, 9.17) is 10.5 Å². The Balaban J connectivity index is 1.66. The lowest BCUT2D eigenvalue weighted by Gasteiger charge is -2.08. The molecule has 0 aliphatic heterocycles. The number of carbonyl (C=O) groups excluding carboxylic acids is 2. The Morgan fingerprint density at radius 3 is 2.42 bits per heavy atom. The highest BCUT2D eigenvalue weighted by Crippen LogP contribution is 2.29. The number of benzene rings is 2. The third kappa shape index (κ3) is 4.49. The van der Waals surface area contributed by atoms with Crippen LogP contribution in [-0.2, 0) is 4.79 Å². The predicted molar refractivity (Wildman–Crippen MR) is 103 cm³/mol. The Morgan fingerprint density at radius 2 is 1.73 bits per heavy atom. The summed E-state index contributed by atoms with van der Waals surface area (Å²) >= 11 is 1.41. The van der Waals surface area contributed by atoms with Gasteiger partial charge in [-0.25, -0.2) is 0 Å². The molecule has 5 nitrogen and oxygen atoms in total. The molecule has 0 aliphatic carbocycles. The Labute approximate surface area is 155 Å². The molecule has 3 aromatic rings. The van der Waals surface area contributed by atoms with E-state index in [-0.39, 0.29) is 18.9 Å². The van der Waals surface area contributed by atoms with Crippen molar-refractivity contribution in [2.75, 3.05) is 11.9 Å². The zero-order chi connectivity index (χ0) is 18.4. The quantitative estimate of drug-likeness (QED) is 0.665. The second-order valence-electron chi connectivity index (χ2n) is 5.57. The minimum Gasteiger partial charge on any atom is -0.493 e. The first-order valence-corrected chi connectivity index (χ1v) is 8.97. The molecular formula is C20H18N2O3S. The van der Waals surface area contributed by atoms with Crippen LogP contribution in [0.4, 0.5) is 5.69 Å². The molecule has 0 radical (unpaired) electrons. The standard InChI is InChI=1S/C20H18N2O3S/c21-18(23)10-12-25-16-8-6-15(7-9-16)22-20(24)19-17(11-13-26-19)14-4-2-1-3-5-14/h1-9,11,13H,10,12H2,(H2,21,23)(H,22,24). The molecule has 0 atom stereocenters. The molecule has 0 saturated heterocycles. The highest BCUT2D eigenvalue weighted by molar-refractivity contribution is 7.12. The van der Waals surface area contributed by atoms with E-state index in [1.807, 2.05) is 41.8 Å². The van der Waals surface area contributed by atoms with Crippen molar-refractivity contribution in [2.45, 2.75) is 6.42 Å². The fraction of sp³-hybridized carbons (Fsp3) is 0.100. The van der Waals surface area contributed by atoms with E-state index in [2.05, 4.69) is 5.32 Å². The summed E-state index contributed by atoms with van der Waals surface area (Å²) in [4.78, 5) is 24.0. The normalized spacial score (nSPS) is 10.3. The summed E-state index contributed by atoms with van der Waals surface area (Å²) in [6.45, 7) is 0.233. The number of nitrogens with two attached hydrogens (primary N) is 1. The molecular weight excluding hydrogens is 348 g/mol. The molecule has 2 aromatic carbocycles. The summed E-state index contributed by atoms with van der Waals surface area (Å²) in [6, 6.07) is 18.8. The summed E-state index contributed by atoms with van der Waals surface area (Å²) in [6.07, 6.45) is 0.166. The smallest absolute Gasteiger partial charge is 0.266 e. The molecule has 1 heterocycles. The van der Waals surface area contributed by atoms with E-state index in [9.17, 15) is 9.59 Å². The van der Waals surface area contributed by atoms with E-state index in [0.717, 1.165) is 11.1 Å². The number of hydrogen-bond acceptors (Lipinski definition) is 4. The highest BCUT2D eigenvalue weighted by atomic mass is 32.1. The van der Waals surface area contributed by atoms with Gasteiger partial charge in [-0.1, -0.05) is 30.3 Å². The number of hydrogen-bond donors (Lipinski definition) is 2. The van der Waals surface area contributed by atoms with Crippen molar-refractivity contribution in [1.82, 2.24) is 0 Å². The fourth-order valence-electron chi connectivity index (χ4n) is 2.42. The van der Waals surface area contributed by atoms with Crippen LogP contribution in [0.2, 0.25) is 0 Å². The van der Waals surface area contributed by atoms with Crippen LogP contribution in [0.1, 0.15) is 16.1 Å². The molecule has 0 aliphatic rings. The van der Waals surface area contributed by atoms with Crippen LogP contribution < -0.4 is 15.8 Å². The lowest BCUT2D eigenvalue weighted by Crippen LogP contribution is -2.14. The number of nitrogens with one attached hydrogen (secondary N) is 1. The van der Waals surface area contributed by atoms with Gasteiger partial charge in [-0.2, -0.15) is 0 Å². The van der Waals surface area contributed by atoms with Crippen molar-refractivity contribution in [3.63, 3.8) is 0 Å². The number of ether oxygens (including phenoxy) is 1. The largest absolute Gasteiger partial charge is 0.493 e.